The lowest BCUT2D eigenvalue weighted by Gasteiger charge is -2.15. The summed E-state index contributed by atoms with van der Waals surface area (Å²) >= 11 is 0. The number of rotatable bonds is 4. The fourth-order valence-electron chi connectivity index (χ4n) is 1.86. The molecule has 0 fully saturated rings. The van der Waals surface area contributed by atoms with Crippen LogP contribution in [0.2, 0.25) is 0 Å². The molecule has 1 atom stereocenters. The van der Waals surface area contributed by atoms with Gasteiger partial charge in [-0.25, -0.2) is 35.1 Å². The van der Waals surface area contributed by atoms with Gasteiger partial charge in [-0.3, -0.25) is 0 Å². The number of sulfonamides is 1. The lowest BCUT2D eigenvalue weighted by Crippen LogP contribution is -2.28. The minimum atomic E-state index is -4.55. The van der Waals surface area contributed by atoms with Crippen LogP contribution in [0, 0.1) is 29.1 Å². The first-order valence-corrected chi connectivity index (χ1v) is 7.72. The first-order chi connectivity index (χ1) is 10.6. The van der Waals surface area contributed by atoms with Crippen LogP contribution < -0.4 is 4.72 Å². The average Bonchev–Trinajstić information content (AvgIpc) is 2.46. The Balaban J connectivity index is 2.34. The maximum Gasteiger partial charge on any atom is 0.244 e. The largest absolute Gasteiger partial charge is 0.244 e. The maximum atomic E-state index is 13.6. The van der Waals surface area contributed by atoms with E-state index in [1.165, 1.54) is 6.92 Å². The predicted molar refractivity (Wildman–Crippen MR) is 71.4 cm³/mol. The molecule has 2 rings (SSSR count). The van der Waals surface area contributed by atoms with E-state index in [0.717, 1.165) is 18.2 Å². The molecule has 0 aliphatic heterocycles. The number of hydrogen-bond acceptors (Lipinski definition) is 2. The van der Waals surface area contributed by atoms with Crippen LogP contribution in [0.4, 0.5) is 22.0 Å². The molecule has 2 aromatic rings. The van der Waals surface area contributed by atoms with Gasteiger partial charge in [0.25, 0.3) is 0 Å². The first kappa shape index (κ1) is 17.4. The number of nitrogens with one attached hydrogen (secondary N) is 1. The fraction of sp³-hybridized carbons (Fsp3) is 0.143. The third-order valence-electron chi connectivity index (χ3n) is 3.06. The van der Waals surface area contributed by atoms with Crippen molar-refractivity contribution >= 4 is 10.0 Å². The first-order valence-electron chi connectivity index (χ1n) is 6.24. The molecule has 0 saturated carbocycles. The Kier molecular flexibility index (Phi) is 4.71. The molecule has 9 heteroatoms. The second kappa shape index (κ2) is 6.25. The Labute approximate surface area is 128 Å². The Morgan fingerprint density at radius 3 is 2.09 bits per heavy atom. The molecule has 1 N–H and O–H groups in total. The number of benzene rings is 2. The number of halogens is 5. The van der Waals surface area contributed by atoms with Crippen LogP contribution in [0.1, 0.15) is 18.5 Å². The van der Waals surface area contributed by atoms with Gasteiger partial charge in [0, 0.05) is 6.04 Å². The quantitative estimate of drug-likeness (QED) is 0.678. The lowest BCUT2D eigenvalue weighted by atomic mass is 10.1. The Hall–Kier alpha value is -2.00. The highest BCUT2D eigenvalue weighted by molar-refractivity contribution is 7.89. The molecule has 0 aromatic heterocycles. The molecule has 0 saturated heterocycles. The molecule has 124 valence electrons. The van der Waals surface area contributed by atoms with Crippen LogP contribution in [0.3, 0.4) is 0 Å². The van der Waals surface area contributed by atoms with Gasteiger partial charge in [-0.05, 0) is 36.8 Å². The summed E-state index contributed by atoms with van der Waals surface area (Å²) in [6.07, 6.45) is 0. The minimum absolute atomic E-state index is 0.0652. The van der Waals surface area contributed by atoms with Crippen molar-refractivity contribution in [3.63, 3.8) is 0 Å². The van der Waals surface area contributed by atoms with Crippen molar-refractivity contribution in [2.75, 3.05) is 0 Å². The van der Waals surface area contributed by atoms with Crippen LogP contribution in [0.15, 0.2) is 35.2 Å². The van der Waals surface area contributed by atoms with Crippen LogP contribution in [-0.4, -0.2) is 8.42 Å². The summed E-state index contributed by atoms with van der Waals surface area (Å²) in [6.45, 7) is 1.29. The lowest BCUT2D eigenvalue weighted by molar-refractivity contribution is 0.431. The van der Waals surface area contributed by atoms with E-state index in [-0.39, 0.29) is 5.56 Å². The van der Waals surface area contributed by atoms with E-state index in [2.05, 4.69) is 0 Å². The van der Waals surface area contributed by atoms with Crippen molar-refractivity contribution in [1.29, 1.82) is 0 Å². The average molecular weight is 351 g/mol. The summed E-state index contributed by atoms with van der Waals surface area (Å²) in [6, 6.07) is 2.66. The van der Waals surface area contributed by atoms with E-state index in [4.69, 9.17) is 0 Å². The SMILES string of the molecule is CC(NS(=O)(=O)c1ccc(F)c(F)c1F)c1ccc(F)c(F)c1. The zero-order chi connectivity index (χ0) is 17.4. The van der Waals surface area contributed by atoms with Crippen LogP contribution in [0.5, 0.6) is 0 Å². The molecule has 0 heterocycles. The zero-order valence-corrected chi connectivity index (χ0v) is 12.4. The molecule has 0 aliphatic carbocycles. The third kappa shape index (κ3) is 3.50. The maximum absolute atomic E-state index is 13.6. The zero-order valence-electron chi connectivity index (χ0n) is 11.6. The van der Waals surface area contributed by atoms with Crippen molar-refractivity contribution in [1.82, 2.24) is 4.72 Å². The molecule has 0 radical (unpaired) electrons. The Morgan fingerprint density at radius 1 is 0.870 bits per heavy atom. The molecule has 2 aromatic carbocycles. The third-order valence-corrected chi connectivity index (χ3v) is 4.62. The number of hydrogen-bond donors (Lipinski definition) is 1. The van der Waals surface area contributed by atoms with Gasteiger partial charge in [0.1, 0.15) is 4.90 Å². The van der Waals surface area contributed by atoms with Gasteiger partial charge in [0.05, 0.1) is 0 Å². The topological polar surface area (TPSA) is 46.2 Å². The monoisotopic (exact) mass is 351 g/mol. The van der Waals surface area contributed by atoms with Gasteiger partial charge in [-0.15, -0.1) is 0 Å². The molecule has 1 unspecified atom stereocenters. The highest BCUT2D eigenvalue weighted by Crippen LogP contribution is 2.23. The summed E-state index contributed by atoms with van der Waals surface area (Å²) in [7, 11) is -4.55. The standard InChI is InChI=1S/C14H10F5NO2S/c1-7(8-2-3-9(15)11(17)6-8)20-23(21,22)12-5-4-10(16)13(18)14(12)19/h2-7,20H,1H3. The highest BCUT2D eigenvalue weighted by Gasteiger charge is 2.26. The highest BCUT2D eigenvalue weighted by atomic mass is 32.2. The summed E-state index contributed by atoms with van der Waals surface area (Å²) in [5.41, 5.74) is 0.0652. The molecule has 0 spiro atoms. The van der Waals surface area contributed by atoms with E-state index >= 15 is 0 Å². The second-order valence-electron chi connectivity index (χ2n) is 4.69. The van der Waals surface area contributed by atoms with E-state index in [1.807, 2.05) is 4.72 Å². The van der Waals surface area contributed by atoms with Gasteiger partial charge in [0.15, 0.2) is 29.1 Å². The Morgan fingerprint density at radius 2 is 1.48 bits per heavy atom. The summed E-state index contributed by atoms with van der Waals surface area (Å²) in [5, 5.41) is 0. The van der Waals surface area contributed by atoms with Crippen molar-refractivity contribution < 1.29 is 30.4 Å². The van der Waals surface area contributed by atoms with Gasteiger partial charge >= 0.3 is 0 Å². The van der Waals surface area contributed by atoms with E-state index in [0.29, 0.717) is 12.1 Å². The molecule has 0 bridgehead atoms. The molecular weight excluding hydrogens is 341 g/mol. The van der Waals surface area contributed by atoms with Crippen molar-refractivity contribution in [3.05, 3.63) is 65.0 Å². The van der Waals surface area contributed by atoms with Gasteiger partial charge in [-0.2, -0.15) is 0 Å². The summed E-state index contributed by atoms with van der Waals surface area (Å²) in [4.78, 5) is -1.09. The van der Waals surface area contributed by atoms with E-state index in [9.17, 15) is 30.4 Å². The van der Waals surface area contributed by atoms with Crippen LogP contribution in [-0.2, 0) is 10.0 Å². The minimum Gasteiger partial charge on any atom is -0.207 e. The van der Waals surface area contributed by atoms with Crippen molar-refractivity contribution in [3.8, 4) is 0 Å². The summed E-state index contributed by atoms with van der Waals surface area (Å²) < 4.78 is 91.7. The normalized spacial score (nSPS) is 13.1. The van der Waals surface area contributed by atoms with Gasteiger partial charge < -0.3 is 0 Å². The molecule has 3 nitrogen and oxygen atoms in total. The smallest absolute Gasteiger partial charge is 0.207 e. The van der Waals surface area contributed by atoms with E-state index in [1.54, 1.807) is 0 Å². The molecule has 23 heavy (non-hydrogen) atoms. The molecular formula is C14H10F5NO2S. The molecule has 0 aliphatic rings. The van der Waals surface area contributed by atoms with Crippen molar-refractivity contribution in [2.24, 2.45) is 0 Å². The van der Waals surface area contributed by atoms with E-state index < -0.39 is 50.0 Å². The Bertz CT molecular complexity index is 854. The van der Waals surface area contributed by atoms with Gasteiger partial charge in [0.2, 0.25) is 10.0 Å². The predicted octanol–water partition coefficient (Wildman–Crippen LogP) is 3.42. The molecule has 0 amide bonds. The summed E-state index contributed by atoms with van der Waals surface area (Å²) in [5.74, 6) is -7.62. The fourth-order valence-corrected chi connectivity index (χ4v) is 3.16. The van der Waals surface area contributed by atoms with Crippen LogP contribution in [0.25, 0.3) is 0 Å². The second-order valence-corrected chi connectivity index (χ2v) is 6.37. The van der Waals surface area contributed by atoms with Crippen LogP contribution >= 0.6 is 0 Å². The van der Waals surface area contributed by atoms with Gasteiger partial charge in [-0.1, -0.05) is 6.07 Å². The van der Waals surface area contributed by atoms with Crippen molar-refractivity contribution in [2.45, 2.75) is 17.9 Å².